The van der Waals surface area contributed by atoms with Gasteiger partial charge >= 0.3 is 18.1 Å². The van der Waals surface area contributed by atoms with E-state index in [4.69, 9.17) is 0 Å². The van der Waals surface area contributed by atoms with Crippen molar-refractivity contribution in [3.05, 3.63) is 40.8 Å². The fourth-order valence-electron chi connectivity index (χ4n) is 2.06. The van der Waals surface area contributed by atoms with Gasteiger partial charge in [0.1, 0.15) is 10.6 Å². The summed E-state index contributed by atoms with van der Waals surface area (Å²) in [7, 11) is 1.12. The van der Waals surface area contributed by atoms with Crippen molar-refractivity contribution < 1.29 is 27.5 Å². The van der Waals surface area contributed by atoms with Gasteiger partial charge in [-0.1, -0.05) is 30.3 Å². The number of halogens is 3. The fraction of sp³-hybridized carbons (Fsp3) is 0.200. The number of thiophene rings is 1. The van der Waals surface area contributed by atoms with Crippen LogP contribution >= 0.6 is 11.3 Å². The molecule has 0 aliphatic rings. The van der Waals surface area contributed by atoms with Crippen LogP contribution < -0.4 is 5.32 Å². The molecule has 0 atom stereocenters. The third-order valence-corrected chi connectivity index (χ3v) is 4.04. The van der Waals surface area contributed by atoms with Gasteiger partial charge < -0.3 is 10.1 Å². The van der Waals surface area contributed by atoms with Crippen molar-refractivity contribution in [1.29, 1.82) is 0 Å². The lowest BCUT2D eigenvalue weighted by Gasteiger charge is -2.09. The Kier molecular flexibility index (Phi) is 4.74. The Bertz CT molecular complexity index is 738. The number of carbonyl (C=O) groups excluding carboxylic acids is 2. The molecule has 2 rings (SSSR count). The molecule has 1 aromatic carbocycles. The molecule has 1 heterocycles. The Hall–Kier alpha value is -2.35. The van der Waals surface area contributed by atoms with Gasteiger partial charge in [-0.15, -0.1) is 11.3 Å². The summed E-state index contributed by atoms with van der Waals surface area (Å²) in [6.07, 6.45) is -5.04. The van der Waals surface area contributed by atoms with Crippen LogP contribution in [0.5, 0.6) is 0 Å². The summed E-state index contributed by atoms with van der Waals surface area (Å²) in [5, 5.41) is 1.57. The van der Waals surface area contributed by atoms with E-state index >= 15 is 0 Å². The van der Waals surface area contributed by atoms with Crippen molar-refractivity contribution in [3.63, 3.8) is 0 Å². The minimum absolute atomic E-state index is 0.0844. The minimum Gasteiger partial charge on any atom is -0.465 e. The van der Waals surface area contributed by atoms with E-state index in [1.54, 1.807) is 42.6 Å². The Morgan fingerprint density at radius 2 is 1.78 bits per heavy atom. The number of hydrogen-bond donors (Lipinski definition) is 1. The number of aryl methyl sites for hydroxylation is 1. The normalized spacial score (nSPS) is 11.2. The van der Waals surface area contributed by atoms with Gasteiger partial charge in [0.05, 0.1) is 7.11 Å². The second-order valence-electron chi connectivity index (χ2n) is 4.55. The van der Waals surface area contributed by atoms with Crippen molar-refractivity contribution in [3.8, 4) is 11.1 Å². The molecule has 1 aromatic heterocycles. The first kappa shape index (κ1) is 17.0. The van der Waals surface area contributed by atoms with Gasteiger partial charge in [0.25, 0.3) is 0 Å². The summed E-state index contributed by atoms with van der Waals surface area (Å²) in [4.78, 5) is 23.8. The molecule has 0 bridgehead atoms. The number of amides is 1. The first-order valence-corrected chi connectivity index (χ1v) is 7.22. The topological polar surface area (TPSA) is 55.4 Å². The molecule has 0 radical (unpaired) electrons. The molecule has 0 saturated heterocycles. The quantitative estimate of drug-likeness (QED) is 0.857. The lowest BCUT2D eigenvalue weighted by molar-refractivity contribution is -0.167. The van der Waals surface area contributed by atoms with Crippen molar-refractivity contribution >= 4 is 28.2 Å². The van der Waals surface area contributed by atoms with Crippen LogP contribution in [0.25, 0.3) is 11.1 Å². The van der Waals surface area contributed by atoms with E-state index in [0.29, 0.717) is 16.0 Å². The predicted molar refractivity (Wildman–Crippen MR) is 80.5 cm³/mol. The van der Waals surface area contributed by atoms with E-state index < -0.39 is 18.1 Å². The first-order chi connectivity index (χ1) is 10.8. The van der Waals surface area contributed by atoms with Gasteiger partial charge in [0.2, 0.25) is 0 Å². The summed E-state index contributed by atoms with van der Waals surface area (Å²) in [5.74, 6) is -2.95. The molecular formula is C15H12F3NO3S. The number of rotatable bonds is 3. The SMILES string of the molecule is COC(=O)c1c(NC(=O)C(F)(F)F)sc(C)c1-c1ccccc1. The lowest BCUT2D eigenvalue weighted by atomic mass is 10.0. The standard InChI is InChI=1S/C15H12F3NO3S/c1-8-10(9-6-4-3-5-7-9)11(13(20)22-2)12(23-8)19-14(21)15(16,17)18/h3-7H,1-2H3,(H,19,21). The van der Waals surface area contributed by atoms with Gasteiger partial charge in [-0.2, -0.15) is 13.2 Å². The molecule has 0 saturated carbocycles. The first-order valence-electron chi connectivity index (χ1n) is 6.41. The van der Waals surface area contributed by atoms with E-state index in [2.05, 4.69) is 4.74 Å². The molecule has 0 spiro atoms. The Morgan fingerprint density at radius 1 is 1.17 bits per heavy atom. The Balaban J connectivity index is 2.57. The summed E-state index contributed by atoms with van der Waals surface area (Å²) >= 11 is 0.891. The number of methoxy groups -OCH3 is 1. The Morgan fingerprint density at radius 3 is 2.30 bits per heavy atom. The third kappa shape index (κ3) is 3.53. The van der Waals surface area contributed by atoms with Crippen LogP contribution in [0.2, 0.25) is 0 Å². The number of hydrogen-bond acceptors (Lipinski definition) is 4. The second kappa shape index (κ2) is 6.41. The van der Waals surface area contributed by atoms with Gasteiger partial charge in [-0.3, -0.25) is 4.79 Å². The summed E-state index contributed by atoms with van der Waals surface area (Å²) < 4.78 is 42.0. The zero-order valence-electron chi connectivity index (χ0n) is 12.2. The molecule has 0 aliphatic heterocycles. The molecule has 0 unspecified atom stereocenters. The molecular weight excluding hydrogens is 331 g/mol. The van der Waals surface area contributed by atoms with Crippen molar-refractivity contribution in [2.45, 2.75) is 13.1 Å². The molecule has 8 heteroatoms. The highest BCUT2D eigenvalue weighted by Gasteiger charge is 2.40. The number of benzene rings is 1. The van der Waals surface area contributed by atoms with Gasteiger partial charge in [0, 0.05) is 10.4 Å². The molecule has 0 fully saturated rings. The minimum atomic E-state index is -5.04. The van der Waals surface area contributed by atoms with Gasteiger partial charge in [-0.05, 0) is 12.5 Å². The number of carbonyl (C=O) groups is 2. The smallest absolute Gasteiger partial charge is 0.465 e. The van der Waals surface area contributed by atoms with Crippen molar-refractivity contribution in [2.24, 2.45) is 0 Å². The van der Waals surface area contributed by atoms with E-state index in [9.17, 15) is 22.8 Å². The number of nitrogens with one attached hydrogen (secondary N) is 1. The second-order valence-corrected chi connectivity index (χ2v) is 5.77. The maximum Gasteiger partial charge on any atom is 0.471 e. The summed E-state index contributed by atoms with van der Waals surface area (Å²) in [6.45, 7) is 1.66. The predicted octanol–water partition coefficient (Wildman–Crippen LogP) is 4.01. The highest BCUT2D eigenvalue weighted by molar-refractivity contribution is 7.17. The number of alkyl halides is 3. The number of esters is 1. The van der Waals surface area contributed by atoms with Crippen molar-refractivity contribution in [1.82, 2.24) is 0 Å². The molecule has 0 aliphatic carbocycles. The van der Waals surface area contributed by atoms with Crippen LogP contribution in [-0.2, 0) is 9.53 Å². The monoisotopic (exact) mass is 343 g/mol. The van der Waals surface area contributed by atoms with E-state index in [-0.39, 0.29) is 10.6 Å². The zero-order valence-corrected chi connectivity index (χ0v) is 13.0. The van der Waals surface area contributed by atoms with Crippen LogP contribution in [-0.4, -0.2) is 25.2 Å². The van der Waals surface area contributed by atoms with Crippen LogP contribution in [0.4, 0.5) is 18.2 Å². The molecule has 23 heavy (non-hydrogen) atoms. The lowest BCUT2D eigenvalue weighted by Crippen LogP contribution is -2.30. The fourth-order valence-corrected chi connectivity index (χ4v) is 3.12. The molecule has 122 valence electrons. The largest absolute Gasteiger partial charge is 0.471 e. The zero-order chi connectivity index (χ0) is 17.2. The third-order valence-electron chi connectivity index (χ3n) is 3.02. The van der Waals surface area contributed by atoms with Gasteiger partial charge in [0.15, 0.2) is 0 Å². The van der Waals surface area contributed by atoms with E-state index in [1.165, 1.54) is 0 Å². The Labute approximate surface area is 133 Å². The summed E-state index contributed by atoms with van der Waals surface area (Å²) in [6, 6.07) is 8.69. The molecule has 4 nitrogen and oxygen atoms in total. The average Bonchev–Trinajstić information content (AvgIpc) is 2.82. The van der Waals surface area contributed by atoms with Crippen LogP contribution in [0.15, 0.2) is 30.3 Å². The van der Waals surface area contributed by atoms with Gasteiger partial charge in [-0.25, -0.2) is 4.79 Å². The van der Waals surface area contributed by atoms with Crippen molar-refractivity contribution in [2.75, 3.05) is 12.4 Å². The number of anilines is 1. The molecule has 1 amide bonds. The van der Waals surface area contributed by atoms with Crippen LogP contribution in [0, 0.1) is 6.92 Å². The highest BCUT2D eigenvalue weighted by atomic mass is 32.1. The maximum absolute atomic E-state index is 12.5. The molecule has 2 aromatic rings. The van der Waals surface area contributed by atoms with Crippen LogP contribution in [0.1, 0.15) is 15.2 Å². The average molecular weight is 343 g/mol. The summed E-state index contributed by atoms with van der Waals surface area (Å²) in [5.41, 5.74) is 1.01. The highest BCUT2D eigenvalue weighted by Crippen LogP contribution is 2.40. The van der Waals surface area contributed by atoms with E-state index in [1.807, 2.05) is 0 Å². The maximum atomic E-state index is 12.5. The molecule has 1 N–H and O–H groups in total. The number of ether oxygens (including phenoxy) is 1. The van der Waals surface area contributed by atoms with Crippen LogP contribution in [0.3, 0.4) is 0 Å². The van der Waals surface area contributed by atoms with E-state index in [0.717, 1.165) is 18.4 Å².